The molecule has 0 unspecified atom stereocenters. The average molecular weight is 329 g/mol. The molecule has 1 aromatic carbocycles. The molecule has 2 heterocycles. The van der Waals surface area contributed by atoms with Crippen molar-refractivity contribution >= 4 is 33.3 Å². The van der Waals surface area contributed by atoms with E-state index in [0.717, 1.165) is 31.2 Å². The van der Waals surface area contributed by atoms with Crippen molar-refractivity contribution in [1.29, 1.82) is 0 Å². The van der Waals surface area contributed by atoms with E-state index >= 15 is 0 Å². The van der Waals surface area contributed by atoms with Gasteiger partial charge < -0.3 is 10.1 Å². The van der Waals surface area contributed by atoms with Gasteiger partial charge in [-0.1, -0.05) is 6.07 Å². The van der Waals surface area contributed by atoms with Crippen LogP contribution in [0, 0.1) is 5.92 Å². The van der Waals surface area contributed by atoms with Gasteiger partial charge in [0.25, 0.3) is 0 Å². The smallest absolute Gasteiger partial charge is 0.307 e. The van der Waals surface area contributed by atoms with Crippen LogP contribution in [0.5, 0.6) is 0 Å². The minimum Gasteiger partial charge on any atom is -0.458 e. The van der Waals surface area contributed by atoms with Crippen LogP contribution in [0.15, 0.2) is 29.6 Å². The van der Waals surface area contributed by atoms with Crippen LogP contribution in [0.1, 0.15) is 37.7 Å². The third kappa shape index (κ3) is 2.63. The van der Waals surface area contributed by atoms with Crippen molar-refractivity contribution in [3.63, 3.8) is 0 Å². The first-order chi connectivity index (χ1) is 11.2. The zero-order chi connectivity index (χ0) is 15.9. The summed E-state index contributed by atoms with van der Waals surface area (Å²) in [5, 5.41) is 6.27. The molecule has 1 N–H and O–H groups in total. The Hall–Kier alpha value is -1.88. The number of rotatable bonds is 3. The molecule has 1 spiro atoms. The lowest BCUT2D eigenvalue weighted by molar-refractivity contribution is -0.149. The molecular weight excluding hydrogens is 310 g/mol. The Kier molecular flexibility index (Phi) is 3.60. The van der Waals surface area contributed by atoms with Gasteiger partial charge in [0.15, 0.2) is 0 Å². The van der Waals surface area contributed by atoms with Gasteiger partial charge in [-0.25, -0.2) is 0 Å². The number of hydrogen-bond acceptors (Lipinski definition) is 4. The van der Waals surface area contributed by atoms with Crippen LogP contribution in [0.25, 0.3) is 10.1 Å². The molecule has 120 valence electrons. The van der Waals surface area contributed by atoms with Gasteiger partial charge in [0.2, 0.25) is 5.91 Å². The van der Waals surface area contributed by atoms with Gasteiger partial charge in [-0.3, -0.25) is 9.59 Å². The minimum absolute atomic E-state index is 0.0526. The predicted molar refractivity (Wildman–Crippen MR) is 89.1 cm³/mol. The van der Waals surface area contributed by atoms with Gasteiger partial charge in [-0.15, -0.1) is 11.3 Å². The zero-order valence-corrected chi connectivity index (χ0v) is 13.7. The van der Waals surface area contributed by atoms with Gasteiger partial charge in [0.05, 0.1) is 12.3 Å². The number of hydrogen-bond donors (Lipinski definition) is 1. The highest BCUT2D eigenvalue weighted by Crippen LogP contribution is 2.45. The highest BCUT2D eigenvalue weighted by Gasteiger charge is 2.53. The van der Waals surface area contributed by atoms with Crippen molar-refractivity contribution in [3.05, 3.63) is 35.2 Å². The monoisotopic (exact) mass is 329 g/mol. The number of carbonyl (C=O) groups excluding carboxylic acids is 2. The summed E-state index contributed by atoms with van der Waals surface area (Å²) in [7, 11) is 0. The molecule has 2 aromatic rings. The normalized spacial score (nSPS) is 22.6. The number of amides is 1. The summed E-state index contributed by atoms with van der Waals surface area (Å²) in [6.07, 6.45) is 3.92. The second-order valence-electron chi connectivity index (χ2n) is 6.51. The van der Waals surface area contributed by atoms with Crippen molar-refractivity contribution in [2.45, 2.75) is 44.2 Å². The van der Waals surface area contributed by atoms with E-state index in [1.807, 2.05) is 6.07 Å². The highest BCUT2D eigenvalue weighted by atomic mass is 32.1. The summed E-state index contributed by atoms with van der Waals surface area (Å²) < 4.78 is 6.79. The first kappa shape index (κ1) is 14.7. The Balaban J connectivity index is 1.45. The topological polar surface area (TPSA) is 55.4 Å². The molecule has 0 bridgehead atoms. The van der Waals surface area contributed by atoms with E-state index < -0.39 is 5.60 Å². The largest absolute Gasteiger partial charge is 0.458 e. The molecule has 2 aliphatic rings. The van der Waals surface area contributed by atoms with Crippen molar-refractivity contribution < 1.29 is 14.3 Å². The molecular formula is C18H19NO3S. The second-order valence-corrected chi connectivity index (χ2v) is 7.46. The molecule has 1 atom stereocenters. The molecule has 1 aliphatic carbocycles. The number of carbonyl (C=O) groups is 2. The second kappa shape index (κ2) is 5.64. The summed E-state index contributed by atoms with van der Waals surface area (Å²) in [5.41, 5.74) is 0.549. The third-order valence-electron chi connectivity index (χ3n) is 5.07. The van der Waals surface area contributed by atoms with Gasteiger partial charge >= 0.3 is 5.97 Å². The highest BCUT2D eigenvalue weighted by molar-refractivity contribution is 7.17. The van der Waals surface area contributed by atoms with Crippen molar-refractivity contribution in [3.8, 4) is 0 Å². The SMILES string of the molecule is O=C1C[C@H](C(=O)NCc2ccc3sccc3c2)C2(CCCC2)O1. The van der Waals surface area contributed by atoms with Crippen LogP contribution in [0.3, 0.4) is 0 Å². The van der Waals surface area contributed by atoms with Crippen LogP contribution < -0.4 is 5.32 Å². The molecule has 2 fully saturated rings. The lowest BCUT2D eigenvalue weighted by Gasteiger charge is -2.27. The van der Waals surface area contributed by atoms with Gasteiger partial charge in [-0.05, 0) is 60.2 Å². The Morgan fingerprint density at radius 2 is 2.13 bits per heavy atom. The molecule has 1 aromatic heterocycles. The average Bonchev–Trinajstić information content (AvgIpc) is 3.25. The molecule has 0 radical (unpaired) electrons. The maximum atomic E-state index is 12.6. The van der Waals surface area contributed by atoms with Crippen LogP contribution in [0.2, 0.25) is 0 Å². The Morgan fingerprint density at radius 3 is 2.96 bits per heavy atom. The molecule has 4 nitrogen and oxygen atoms in total. The van der Waals surface area contributed by atoms with Crippen molar-refractivity contribution in [2.75, 3.05) is 0 Å². The molecule has 5 heteroatoms. The van der Waals surface area contributed by atoms with E-state index in [1.54, 1.807) is 11.3 Å². The number of thiophene rings is 1. The minimum atomic E-state index is -0.529. The van der Waals surface area contributed by atoms with E-state index in [-0.39, 0.29) is 24.2 Å². The third-order valence-corrected chi connectivity index (χ3v) is 5.97. The van der Waals surface area contributed by atoms with Gasteiger partial charge in [0.1, 0.15) is 5.60 Å². The van der Waals surface area contributed by atoms with E-state index in [0.29, 0.717) is 6.54 Å². The van der Waals surface area contributed by atoms with Crippen LogP contribution in [0.4, 0.5) is 0 Å². The Bertz CT molecular complexity index is 760. The quantitative estimate of drug-likeness (QED) is 0.878. The van der Waals surface area contributed by atoms with E-state index in [2.05, 4.69) is 28.9 Å². The van der Waals surface area contributed by atoms with Crippen molar-refractivity contribution in [1.82, 2.24) is 5.32 Å². The fourth-order valence-electron chi connectivity index (χ4n) is 3.89. The number of ether oxygens (including phenoxy) is 1. The first-order valence-electron chi connectivity index (χ1n) is 8.12. The summed E-state index contributed by atoms with van der Waals surface area (Å²) in [5.74, 6) is -0.614. The summed E-state index contributed by atoms with van der Waals surface area (Å²) in [6, 6.07) is 8.32. The van der Waals surface area contributed by atoms with E-state index in [4.69, 9.17) is 4.74 Å². The molecule has 1 amide bonds. The van der Waals surface area contributed by atoms with Crippen LogP contribution in [-0.2, 0) is 20.9 Å². The summed E-state index contributed by atoms with van der Waals surface area (Å²) in [6.45, 7) is 0.491. The van der Waals surface area contributed by atoms with Crippen LogP contribution in [-0.4, -0.2) is 17.5 Å². The molecule has 23 heavy (non-hydrogen) atoms. The summed E-state index contributed by atoms with van der Waals surface area (Å²) in [4.78, 5) is 24.3. The fourth-order valence-corrected chi connectivity index (χ4v) is 4.66. The molecule has 1 saturated heterocycles. The number of esters is 1. The van der Waals surface area contributed by atoms with E-state index in [9.17, 15) is 9.59 Å². The fraction of sp³-hybridized carbons (Fsp3) is 0.444. The Morgan fingerprint density at radius 1 is 1.30 bits per heavy atom. The Labute approximate surface area is 138 Å². The van der Waals surface area contributed by atoms with Gasteiger partial charge in [0, 0.05) is 11.2 Å². The van der Waals surface area contributed by atoms with Crippen LogP contribution >= 0.6 is 11.3 Å². The zero-order valence-electron chi connectivity index (χ0n) is 12.8. The summed E-state index contributed by atoms with van der Waals surface area (Å²) >= 11 is 1.71. The number of fused-ring (bicyclic) bond motifs is 1. The maximum absolute atomic E-state index is 12.6. The predicted octanol–water partition coefficient (Wildman–Crippen LogP) is 3.39. The number of benzene rings is 1. The van der Waals surface area contributed by atoms with Gasteiger partial charge in [-0.2, -0.15) is 0 Å². The maximum Gasteiger partial charge on any atom is 0.307 e. The lowest BCUT2D eigenvalue weighted by Crippen LogP contribution is -2.42. The molecule has 4 rings (SSSR count). The molecule has 1 saturated carbocycles. The standard InChI is InChI=1S/C18H19NO3S/c20-16-10-14(18(22-16)6-1-2-7-18)17(21)19-11-12-3-4-15-13(9-12)5-8-23-15/h3-5,8-9,14H,1-2,6-7,10-11H2,(H,19,21)/t14-/m1/s1. The van der Waals surface area contributed by atoms with Crippen molar-refractivity contribution in [2.24, 2.45) is 5.92 Å². The van der Waals surface area contributed by atoms with E-state index in [1.165, 1.54) is 10.1 Å². The number of nitrogens with one attached hydrogen (secondary N) is 1. The first-order valence-corrected chi connectivity index (χ1v) is 9.00. The molecule has 1 aliphatic heterocycles. The lowest BCUT2D eigenvalue weighted by atomic mass is 9.85.